The summed E-state index contributed by atoms with van der Waals surface area (Å²) in [7, 11) is 1.73. The third-order valence-corrected chi connectivity index (χ3v) is 3.03. The van der Waals surface area contributed by atoms with Crippen molar-refractivity contribution < 1.29 is 9.47 Å². The van der Waals surface area contributed by atoms with Crippen molar-refractivity contribution in [2.75, 3.05) is 25.6 Å². The average molecular weight is 246 g/mol. The number of hydrogen-bond acceptors (Lipinski definition) is 4. The van der Waals surface area contributed by atoms with Crippen LogP contribution >= 0.6 is 0 Å². The zero-order valence-electron chi connectivity index (χ0n) is 10.6. The third kappa shape index (κ3) is 3.64. The summed E-state index contributed by atoms with van der Waals surface area (Å²) < 4.78 is 10.5. The molecule has 1 saturated carbocycles. The molecular weight excluding hydrogens is 228 g/mol. The van der Waals surface area contributed by atoms with Crippen molar-refractivity contribution in [1.82, 2.24) is 0 Å². The van der Waals surface area contributed by atoms with Gasteiger partial charge < -0.3 is 14.8 Å². The van der Waals surface area contributed by atoms with Gasteiger partial charge in [-0.3, -0.25) is 0 Å². The number of nitriles is 1. The van der Waals surface area contributed by atoms with Crippen LogP contribution in [-0.2, 0) is 4.74 Å². The molecular formula is C14H18N2O2. The van der Waals surface area contributed by atoms with Gasteiger partial charge >= 0.3 is 0 Å². The summed E-state index contributed by atoms with van der Waals surface area (Å²) in [6.45, 7) is 0.793. The molecule has 0 amide bonds. The van der Waals surface area contributed by atoms with Gasteiger partial charge in [0.1, 0.15) is 11.8 Å². The van der Waals surface area contributed by atoms with Crippen molar-refractivity contribution in [2.45, 2.75) is 18.9 Å². The van der Waals surface area contributed by atoms with Gasteiger partial charge in [0.2, 0.25) is 0 Å². The minimum atomic E-state index is 0.0770. The maximum absolute atomic E-state index is 8.49. The summed E-state index contributed by atoms with van der Waals surface area (Å²) >= 11 is 0. The van der Waals surface area contributed by atoms with Crippen LogP contribution in [0, 0.1) is 17.2 Å². The molecule has 1 aromatic carbocycles. The fourth-order valence-corrected chi connectivity index (χ4v) is 1.98. The molecule has 1 N–H and O–H groups in total. The molecule has 18 heavy (non-hydrogen) atoms. The van der Waals surface area contributed by atoms with Crippen LogP contribution in [0.3, 0.4) is 0 Å². The Kier molecular flexibility index (Phi) is 4.43. The van der Waals surface area contributed by atoms with Crippen LogP contribution in [0.1, 0.15) is 12.8 Å². The summed E-state index contributed by atoms with van der Waals surface area (Å²) in [5, 5.41) is 12.0. The van der Waals surface area contributed by atoms with Gasteiger partial charge in [0, 0.05) is 18.9 Å². The summed E-state index contributed by atoms with van der Waals surface area (Å²) in [6.07, 6.45) is 2.54. The van der Waals surface area contributed by atoms with E-state index in [1.54, 1.807) is 7.11 Å². The van der Waals surface area contributed by atoms with Crippen LogP contribution in [0.2, 0.25) is 0 Å². The second-order valence-corrected chi connectivity index (χ2v) is 4.52. The maximum Gasteiger partial charge on any atom is 0.174 e. The minimum Gasteiger partial charge on any atom is -0.479 e. The van der Waals surface area contributed by atoms with E-state index in [1.165, 1.54) is 12.8 Å². The predicted molar refractivity (Wildman–Crippen MR) is 69.6 cm³/mol. The normalized spacial score (nSPS) is 15.8. The molecule has 0 bridgehead atoms. The van der Waals surface area contributed by atoms with Crippen molar-refractivity contribution in [3.8, 4) is 11.8 Å². The summed E-state index contributed by atoms with van der Waals surface area (Å²) in [6, 6.07) is 10.0. The fraction of sp³-hybridized carbons (Fsp3) is 0.500. The van der Waals surface area contributed by atoms with Crippen molar-refractivity contribution in [2.24, 2.45) is 5.92 Å². The number of hydrogen-bond donors (Lipinski definition) is 1. The van der Waals surface area contributed by atoms with Crippen LogP contribution < -0.4 is 10.1 Å². The standard InChI is InChI=1S/C14H18N2O2/c1-17-10-14(11-5-6-11)16-12-3-2-4-13(9-12)18-8-7-15/h2-4,9,11,14,16H,5-6,8,10H2,1H3. The third-order valence-electron chi connectivity index (χ3n) is 3.03. The van der Waals surface area contributed by atoms with Crippen molar-refractivity contribution in [3.05, 3.63) is 24.3 Å². The Morgan fingerprint density at radius 3 is 3.00 bits per heavy atom. The highest BCUT2D eigenvalue weighted by Gasteiger charge is 2.31. The monoisotopic (exact) mass is 246 g/mol. The first-order chi connectivity index (χ1) is 8.83. The number of benzene rings is 1. The Morgan fingerprint density at radius 2 is 2.33 bits per heavy atom. The van der Waals surface area contributed by atoms with E-state index in [0.717, 1.165) is 5.69 Å². The first-order valence-electron chi connectivity index (χ1n) is 6.19. The van der Waals surface area contributed by atoms with Crippen LogP contribution in [-0.4, -0.2) is 26.4 Å². The highest BCUT2D eigenvalue weighted by atomic mass is 16.5. The smallest absolute Gasteiger partial charge is 0.174 e. The average Bonchev–Trinajstić information content (AvgIpc) is 3.21. The van der Waals surface area contributed by atoms with Gasteiger partial charge in [-0.1, -0.05) is 6.07 Å². The first kappa shape index (κ1) is 12.7. The zero-order valence-corrected chi connectivity index (χ0v) is 10.6. The molecule has 4 nitrogen and oxygen atoms in total. The molecule has 4 heteroatoms. The van der Waals surface area contributed by atoms with Crippen molar-refractivity contribution in [1.29, 1.82) is 5.26 Å². The fourth-order valence-electron chi connectivity index (χ4n) is 1.98. The number of methoxy groups -OCH3 is 1. The van der Waals surface area contributed by atoms with Gasteiger partial charge in [-0.15, -0.1) is 0 Å². The topological polar surface area (TPSA) is 54.3 Å². The Balaban J connectivity index is 1.96. The number of ether oxygens (including phenoxy) is 2. The number of nitrogens with zero attached hydrogens (tertiary/aromatic N) is 1. The van der Waals surface area contributed by atoms with Gasteiger partial charge in [0.15, 0.2) is 6.61 Å². The van der Waals surface area contributed by atoms with E-state index in [4.69, 9.17) is 14.7 Å². The Hall–Kier alpha value is -1.73. The van der Waals surface area contributed by atoms with E-state index in [2.05, 4.69) is 5.32 Å². The zero-order chi connectivity index (χ0) is 12.8. The van der Waals surface area contributed by atoms with Gasteiger partial charge in [0.25, 0.3) is 0 Å². The van der Waals surface area contributed by atoms with Gasteiger partial charge in [-0.05, 0) is 30.9 Å². The molecule has 0 spiro atoms. The molecule has 0 heterocycles. The first-order valence-corrected chi connectivity index (χ1v) is 6.19. The van der Waals surface area contributed by atoms with E-state index in [0.29, 0.717) is 24.3 Å². The van der Waals surface area contributed by atoms with Crippen molar-refractivity contribution >= 4 is 5.69 Å². The molecule has 2 rings (SSSR count). The van der Waals surface area contributed by atoms with E-state index >= 15 is 0 Å². The van der Waals surface area contributed by atoms with Gasteiger partial charge in [-0.25, -0.2) is 0 Å². The van der Waals surface area contributed by atoms with E-state index in [-0.39, 0.29) is 6.61 Å². The molecule has 0 saturated heterocycles. The summed E-state index contributed by atoms with van der Waals surface area (Å²) in [4.78, 5) is 0. The lowest BCUT2D eigenvalue weighted by molar-refractivity contribution is 0.179. The summed E-state index contributed by atoms with van der Waals surface area (Å²) in [5.74, 6) is 1.43. The van der Waals surface area contributed by atoms with Gasteiger partial charge in [0.05, 0.1) is 12.6 Å². The molecule has 1 aromatic rings. The van der Waals surface area contributed by atoms with Crippen LogP contribution in [0.15, 0.2) is 24.3 Å². The van der Waals surface area contributed by atoms with Gasteiger partial charge in [-0.2, -0.15) is 5.26 Å². The Morgan fingerprint density at radius 1 is 1.50 bits per heavy atom. The van der Waals surface area contributed by atoms with Crippen LogP contribution in [0.5, 0.6) is 5.75 Å². The number of anilines is 1. The maximum atomic E-state index is 8.49. The van der Waals surface area contributed by atoms with E-state index in [9.17, 15) is 0 Å². The van der Waals surface area contributed by atoms with Crippen LogP contribution in [0.25, 0.3) is 0 Å². The SMILES string of the molecule is COCC(Nc1cccc(OCC#N)c1)C1CC1. The molecule has 96 valence electrons. The predicted octanol–water partition coefficient (Wildman–Crippen LogP) is 2.43. The summed E-state index contributed by atoms with van der Waals surface area (Å²) in [5.41, 5.74) is 1.01. The highest BCUT2D eigenvalue weighted by molar-refractivity contribution is 5.49. The Labute approximate surface area is 108 Å². The quantitative estimate of drug-likeness (QED) is 0.802. The number of nitrogens with one attached hydrogen (secondary N) is 1. The lowest BCUT2D eigenvalue weighted by Crippen LogP contribution is -2.27. The molecule has 0 aromatic heterocycles. The van der Waals surface area contributed by atoms with Crippen molar-refractivity contribution in [3.63, 3.8) is 0 Å². The second kappa shape index (κ2) is 6.27. The molecule has 1 aliphatic rings. The molecule has 1 atom stereocenters. The van der Waals surface area contributed by atoms with E-state index < -0.39 is 0 Å². The Bertz CT molecular complexity index is 424. The highest BCUT2D eigenvalue weighted by Crippen LogP contribution is 2.34. The lowest BCUT2D eigenvalue weighted by atomic mass is 10.2. The van der Waals surface area contributed by atoms with Crippen LogP contribution in [0.4, 0.5) is 5.69 Å². The lowest BCUT2D eigenvalue weighted by Gasteiger charge is -2.19. The minimum absolute atomic E-state index is 0.0770. The molecule has 1 fully saturated rings. The molecule has 0 aliphatic heterocycles. The largest absolute Gasteiger partial charge is 0.479 e. The second-order valence-electron chi connectivity index (χ2n) is 4.52. The molecule has 1 unspecified atom stereocenters. The molecule has 0 radical (unpaired) electrons. The number of rotatable bonds is 7. The van der Waals surface area contributed by atoms with E-state index in [1.807, 2.05) is 30.3 Å². The molecule has 1 aliphatic carbocycles.